The van der Waals surface area contributed by atoms with Crippen molar-refractivity contribution in [3.8, 4) is 5.75 Å². The van der Waals surface area contributed by atoms with Gasteiger partial charge in [-0.2, -0.15) is 0 Å². The molecule has 1 aromatic heterocycles. The van der Waals surface area contributed by atoms with E-state index in [0.717, 1.165) is 6.42 Å². The maximum atomic E-state index is 11.5. The molecule has 0 aliphatic heterocycles. The average molecular weight is 268 g/mol. The van der Waals surface area contributed by atoms with Crippen LogP contribution in [-0.4, -0.2) is 34.8 Å². The summed E-state index contributed by atoms with van der Waals surface area (Å²) >= 11 is 0. The molecule has 1 amide bonds. The third-order valence-electron chi connectivity index (χ3n) is 1.86. The van der Waals surface area contributed by atoms with Crippen LogP contribution in [0.3, 0.4) is 0 Å². The molecule has 0 aliphatic carbocycles. The van der Waals surface area contributed by atoms with Crippen molar-refractivity contribution < 1.29 is 14.3 Å². The predicted molar refractivity (Wildman–Crippen MR) is 71.1 cm³/mol. The zero-order valence-electron chi connectivity index (χ0n) is 11.5. The zero-order valence-corrected chi connectivity index (χ0v) is 11.5. The van der Waals surface area contributed by atoms with E-state index in [1.54, 1.807) is 20.8 Å². The van der Waals surface area contributed by atoms with Crippen LogP contribution in [0.1, 0.15) is 27.2 Å². The van der Waals surface area contributed by atoms with Crippen LogP contribution in [0.5, 0.6) is 5.75 Å². The number of hydrogen-bond acceptors (Lipinski definition) is 6. The van der Waals surface area contributed by atoms with E-state index in [0.29, 0.717) is 18.9 Å². The molecule has 3 N–H and O–H groups in total. The molecule has 0 spiro atoms. The van der Waals surface area contributed by atoms with Crippen LogP contribution in [0.25, 0.3) is 0 Å². The molecule has 0 saturated carbocycles. The number of hydrogen-bond donors (Lipinski definition) is 2. The van der Waals surface area contributed by atoms with Gasteiger partial charge in [-0.3, -0.25) is 5.32 Å². The molecule has 0 aliphatic rings. The first-order chi connectivity index (χ1) is 8.90. The van der Waals surface area contributed by atoms with Crippen LogP contribution in [0.15, 0.2) is 12.4 Å². The molecule has 1 heterocycles. The van der Waals surface area contributed by atoms with E-state index < -0.39 is 11.7 Å². The Hall–Kier alpha value is -1.89. The summed E-state index contributed by atoms with van der Waals surface area (Å²) in [5.74, 6) is 0.698. The minimum Gasteiger partial charge on any atom is -0.490 e. The fraction of sp³-hybridized carbons (Fsp3) is 0.583. The van der Waals surface area contributed by atoms with Crippen LogP contribution in [0, 0.1) is 0 Å². The minimum absolute atomic E-state index is 0.167. The van der Waals surface area contributed by atoms with Gasteiger partial charge >= 0.3 is 6.09 Å². The van der Waals surface area contributed by atoms with E-state index in [4.69, 9.17) is 15.2 Å². The first-order valence-electron chi connectivity index (χ1n) is 6.05. The highest BCUT2D eigenvalue weighted by Crippen LogP contribution is 2.11. The second-order valence-corrected chi connectivity index (χ2v) is 4.86. The largest absolute Gasteiger partial charge is 0.490 e. The molecular weight excluding hydrogens is 248 g/mol. The predicted octanol–water partition coefficient (Wildman–Crippen LogP) is 1.55. The van der Waals surface area contributed by atoms with Gasteiger partial charge in [0.25, 0.3) is 0 Å². The number of nitrogens with one attached hydrogen (secondary N) is 1. The van der Waals surface area contributed by atoms with E-state index in [-0.39, 0.29) is 5.95 Å². The van der Waals surface area contributed by atoms with Crippen molar-refractivity contribution in [2.75, 3.05) is 18.5 Å². The fourth-order valence-electron chi connectivity index (χ4n) is 1.12. The molecule has 0 radical (unpaired) electrons. The third-order valence-corrected chi connectivity index (χ3v) is 1.86. The molecular formula is C12H20N4O3. The fourth-order valence-corrected chi connectivity index (χ4v) is 1.12. The van der Waals surface area contributed by atoms with E-state index >= 15 is 0 Å². The summed E-state index contributed by atoms with van der Waals surface area (Å²) in [6.07, 6.45) is 3.13. The number of ether oxygens (including phenoxy) is 2. The zero-order chi connectivity index (χ0) is 14.3. The number of carbonyl (C=O) groups excluding carboxylic acids is 1. The lowest BCUT2D eigenvalue weighted by atomic mass is 10.2. The minimum atomic E-state index is -0.593. The molecule has 0 saturated heterocycles. The van der Waals surface area contributed by atoms with Crippen molar-refractivity contribution in [2.45, 2.75) is 32.8 Å². The smallest absolute Gasteiger partial charge is 0.414 e. The van der Waals surface area contributed by atoms with Gasteiger partial charge in [0.2, 0.25) is 5.95 Å². The second kappa shape index (κ2) is 6.89. The Morgan fingerprint density at radius 3 is 2.53 bits per heavy atom. The molecule has 0 fully saturated rings. The van der Waals surface area contributed by atoms with Gasteiger partial charge in [-0.05, 0) is 33.7 Å². The highest BCUT2D eigenvalue weighted by molar-refractivity contribution is 5.82. The van der Waals surface area contributed by atoms with Crippen molar-refractivity contribution in [1.29, 1.82) is 0 Å². The number of nitrogens with two attached hydrogens (primary N) is 1. The summed E-state index contributed by atoms with van der Waals surface area (Å²) in [7, 11) is 0. The second-order valence-electron chi connectivity index (χ2n) is 4.86. The molecule has 0 atom stereocenters. The standard InChI is InChI=1S/C12H20N4O3/c1-12(2,3)19-11(17)16-10-14-7-9(8-15-10)18-6-4-5-13/h7-8H,4-6,13H2,1-3H3,(H,14,15,16,17). The Kier molecular flexibility index (Phi) is 5.50. The van der Waals surface area contributed by atoms with E-state index in [2.05, 4.69) is 15.3 Å². The van der Waals surface area contributed by atoms with E-state index in [1.165, 1.54) is 12.4 Å². The monoisotopic (exact) mass is 268 g/mol. The topological polar surface area (TPSA) is 99.4 Å². The lowest BCUT2D eigenvalue weighted by molar-refractivity contribution is 0.0634. The van der Waals surface area contributed by atoms with Crippen LogP contribution >= 0.6 is 0 Å². The van der Waals surface area contributed by atoms with Crippen LogP contribution < -0.4 is 15.8 Å². The van der Waals surface area contributed by atoms with Gasteiger partial charge in [0.15, 0.2) is 5.75 Å². The lowest BCUT2D eigenvalue weighted by Gasteiger charge is -2.19. The number of aromatic nitrogens is 2. The number of nitrogens with zero attached hydrogens (tertiary/aromatic N) is 2. The highest BCUT2D eigenvalue weighted by Gasteiger charge is 2.16. The van der Waals surface area contributed by atoms with Crippen LogP contribution in [-0.2, 0) is 4.74 Å². The number of rotatable bonds is 5. The molecule has 106 valence electrons. The van der Waals surface area contributed by atoms with Crippen molar-refractivity contribution in [2.24, 2.45) is 5.73 Å². The summed E-state index contributed by atoms with van der Waals surface area (Å²) in [6, 6.07) is 0. The van der Waals surface area contributed by atoms with E-state index in [1.807, 2.05) is 0 Å². The van der Waals surface area contributed by atoms with Gasteiger partial charge in [0.1, 0.15) is 5.60 Å². The van der Waals surface area contributed by atoms with Gasteiger partial charge in [-0.25, -0.2) is 14.8 Å². The SMILES string of the molecule is CC(C)(C)OC(=O)Nc1ncc(OCCCN)cn1. The molecule has 1 rings (SSSR count). The summed E-state index contributed by atoms with van der Waals surface area (Å²) in [4.78, 5) is 19.4. The van der Waals surface area contributed by atoms with Gasteiger partial charge in [-0.1, -0.05) is 0 Å². The van der Waals surface area contributed by atoms with Crippen molar-refractivity contribution in [3.05, 3.63) is 12.4 Å². The van der Waals surface area contributed by atoms with Crippen molar-refractivity contribution in [1.82, 2.24) is 9.97 Å². The van der Waals surface area contributed by atoms with Gasteiger partial charge in [0.05, 0.1) is 19.0 Å². The molecule has 1 aromatic rings. The summed E-state index contributed by atoms with van der Waals surface area (Å²) in [5, 5.41) is 2.43. The molecule has 0 bridgehead atoms. The van der Waals surface area contributed by atoms with Gasteiger partial charge in [-0.15, -0.1) is 0 Å². The first-order valence-corrected chi connectivity index (χ1v) is 6.05. The van der Waals surface area contributed by atoms with Crippen LogP contribution in [0.4, 0.5) is 10.7 Å². The first kappa shape index (κ1) is 15.2. The quantitative estimate of drug-likeness (QED) is 0.786. The summed E-state index contributed by atoms with van der Waals surface area (Å²) in [5.41, 5.74) is 4.79. The normalized spacial score (nSPS) is 10.9. The lowest BCUT2D eigenvalue weighted by Crippen LogP contribution is -2.27. The summed E-state index contributed by atoms with van der Waals surface area (Å²) < 4.78 is 10.4. The molecule has 7 nitrogen and oxygen atoms in total. The van der Waals surface area contributed by atoms with Crippen molar-refractivity contribution in [3.63, 3.8) is 0 Å². The average Bonchev–Trinajstić information content (AvgIpc) is 2.29. The number of carbonyl (C=O) groups is 1. The van der Waals surface area contributed by atoms with E-state index in [9.17, 15) is 4.79 Å². The van der Waals surface area contributed by atoms with Gasteiger partial charge in [0, 0.05) is 0 Å². The molecule has 0 unspecified atom stereocenters. The molecule has 0 aromatic carbocycles. The third kappa shape index (κ3) is 6.56. The molecule has 7 heteroatoms. The van der Waals surface area contributed by atoms with Gasteiger partial charge < -0.3 is 15.2 Å². The maximum absolute atomic E-state index is 11.5. The Morgan fingerprint density at radius 1 is 1.37 bits per heavy atom. The Morgan fingerprint density at radius 2 is 2.00 bits per heavy atom. The van der Waals surface area contributed by atoms with Crippen molar-refractivity contribution >= 4 is 12.0 Å². The Bertz CT molecular complexity index is 400. The van der Waals surface area contributed by atoms with Crippen LogP contribution in [0.2, 0.25) is 0 Å². The Balaban J connectivity index is 2.45. The Labute approximate surface area is 112 Å². The summed E-state index contributed by atoms with van der Waals surface area (Å²) in [6.45, 7) is 6.42. The number of anilines is 1. The maximum Gasteiger partial charge on any atom is 0.414 e. The number of amides is 1. The molecule has 19 heavy (non-hydrogen) atoms. The highest BCUT2D eigenvalue weighted by atomic mass is 16.6.